The van der Waals surface area contributed by atoms with E-state index in [1.54, 1.807) is 18.2 Å². The largest absolute Gasteiger partial charge is 0.273 e. The molecule has 0 atom stereocenters. The van der Waals surface area contributed by atoms with Crippen molar-refractivity contribution in [3.8, 4) is 0 Å². The minimum Gasteiger partial charge on any atom is -0.201 e. The van der Waals surface area contributed by atoms with Crippen LogP contribution < -0.4 is 0 Å². The van der Waals surface area contributed by atoms with Crippen molar-refractivity contribution in [2.45, 2.75) is 38.5 Å². The van der Waals surface area contributed by atoms with Crippen molar-refractivity contribution < 1.29 is 8.78 Å². The molecule has 0 fully saturated rings. The molecule has 0 radical (unpaired) electrons. The first kappa shape index (κ1) is 13.0. The van der Waals surface area contributed by atoms with Crippen LogP contribution >= 0.6 is 0 Å². The number of hydrogen-bond donors (Lipinski definition) is 0. The molecule has 0 unspecified atom stereocenters. The van der Waals surface area contributed by atoms with E-state index in [-0.39, 0.29) is 12.0 Å². The van der Waals surface area contributed by atoms with Gasteiger partial charge in [0.2, 0.25) is 0 Å². The Morgan fingerprint density at radius 2 is 1.67 bits per heavy atom. The van der Waals surface area contributed by atoms with E-state index in [4.69, 9.17) is 0 Å². The van der Waals surface area contributed by atoms with Crippen molar-refractivity contribution >= 4 is 10.8 Å². The van der Waals surface area contributed by atoms with Crippen LogP contribution in [0.15, 0.2) is 42.5 Å². The second kappa shape index (κ2) is 5.47. The zero-order valence-corrected chi connectivity index (χ0v) is 10.6. The highest BCUT2D eigenvalue weighted by molar-refractivity contribution is 5.86. The normalized spacial score (nSPS) is 11.9. The SMILES string of the molecule is CCCCCC(F)(F)c1cccc2ccccc12. The minimum absolute atomic E-state index is 0.0607. The molecule has 2 aromatic carbocycles. The molecule has 0 nitrogen and oxygen atoms in total. The summed E-state index contributed by atoms with van der Waals surface area (Å²) in [6.45, 7) is 2.02. The number of fused-ring (bicyclic) bond motifs is 1. The molecule has 0 heterocycles. The summed E-state index contributed by atoms with van der Waals surface area (Å²) in [5.41, 5.74) is 0.164. The van der Waals surface area contributed by atoms with Crippen LogP contribution in [0.5, 0.6) is 0 Å². The third-order valence-corrected chi connectivity index (χ3v) is 3.28. The molecule has 0 saturated heterocycles. The van der Waals surface area contributed by atoms with E-state index >= 15 is 0 Å². The van der Waals surface area contributed by atoms with Gasteiger partial charge in [0.1, 0.15) is 0 Å². The van der Waals surface area contributed by atoms with Crippen LogP contribution in [0, 0.1) is 0 Å². The van der Waals surface area contributed by atoms with Gasteiger partial charge in [0, 0.05) is 12.0 Å². The van der Waals surface area contributed by atoms with Crippen molar-refractivity contribution in [3.05, 3.63) is 48.0 Å². The van der Waals surface area contributed by atoms with Crippen LogP contribution in [0.4, 0.5) is 8.78 Å². The highest BCUT2D eigenvalue weighted by Crippen LogP contribution is 2.37. The van der Waals surface area contributed by atoms with E-state index in [1.165, 1.54) is 0 Å². The maximum Gasteiger partial charge on any atom is 0.273 e. The lowest BCUT2D eigenvalue weighted by Crippen LogP contribution is -2.13. The van der Waals surface area contributed by atoms with E-state index in [0.29, 0.717) is 11.8 Å². The van der Waals surface area contributed by atoms with Gasteiger partial charge >= 0.3 is 0 Å². The molecule has 0 aliphatic heterocycles. The number of hydrogen-bond acceptors (Lipinski definition) is 0. The standard InChI is InChI=1S/C16H18F2/c1-2-3-6-12-16(17,18)15-11-7-9-13-8-4-5-10-14(13)15/h4-5,7-11H,2-3,6,12H2,1H3. The van der Waals surface area contributed by atoms with Crippen LogP contribution in [0.2, 0.25) is 0 Å². The van der Waals surface area contributed by atoms with E-state index in [1.807, 2.05) is 31.2 Å². The summed E-state index contributed by atoms with van der Waals surface area (Å²) in [5.74, 6) is -2.73. The van der Waals surface area contributed by atoms with Gasteiger partial charge in [-0.1, -0.05) is 62.2 Å². The van der Waals surface area contributed by atoms with E-state index in [9.17, 15) is 8.78 Å². The third kappa shape index (κ3) is 2.69. The number of rotatable bonds is 5. The predicted molar refractivity (Wildman–Crippen MR) is 72.0 cm³/mol. The molecule has 0 bridgehead atoms. The zero-order chi connectivity index (χ0) is 13.0. The first-order valence-corrected chi connectivity index (χ1v) is 6.51. The molecule has 2 rings (SSSR count). The van der Waals surface area contributed by atoms with Crippen LogP contribution in [0.1, 0.15) is 38.2 Å². The average molecular weight is 248 g/mol. The molecule has 2 aromatic rings. The monoisotopic (exact) mass is 248 g/mol. The molecule has 0 spiro atoms. The summed E-state index contributed by atoms with van der Waals surface area (Å²) in [4.78, 5) is 0. The Morgan fingerprint density at radius 1 is 0.944 bits per heavy atom. The molecule has 0 aliphatic rings. The summed E-state index contributed by atoms with van der Waals surface area (Å²) in [7, 11) is 0. The van der Waals surface area contributed by atoms with Crippen LogP contribution in [-0.4, -0.2) is 0 Å². The Kier molecular flexibility index (Phi) is 3.95. The van der Waals surface area contributed by atoms with Crippen molar-refractivity contribution in [2.75, 3.05) is 0 Å². The van der Waals surface area contributed by atoms with E-state index < -0.39 is 5.92 Å². The molecular formula is C16H18F2. The van der Waals surface area contributed by atoms with Gasteiger partial charge < -0.3 is 0 Å². The Bertz CT molecular complexity index is 512. The molecular weight excluding hydrogens is 230 g/mol. The quantitative estimate of drug-likeness (QED) is 0.612. The molecule has 18 heavy (non-hydrogen) atoms. The molecule has 0 N–H and O–H groups in total. The van der Waals surface area contributed by atoms with Crippen LogP contribution in [0.25, 0.3) is 10.8 Å². The Balaban J connectivity index is 2.34. The van der Waals surface area contributed by atoms with Crippen molar-refractivity contribution in [3.63, 3.8) is 0 Å². The van der Waals surface area contributed by atoms with Crippen LogP contribution in [-0.2, 0) is 5.92 Å². The smallest absolute Gasteiger partial charge is 0.201 e. The van der Waals surface area contributed by atoms with E-state index in [0.717, 1.165) is 18.2 Å². The lowest BCUT2D eigenvalue weighted by molar-refractivity contribution is -0.0142. The topological polar surface area (TPSA) is 0 Å². The van der Waals surface area contributed by atoms with Gasteiger partial charge in [0.25, 0.3) is 5.92 Å². The minimum atomic E-state index is -2.73. The molecule has 96 valence electrons. The highest BCUT2D eigenvalue weighted by atomic mass is 19.3. The zero-order valence-electron chi connectivity index (χ0n) is 10.6. The molecule has 0 aromatic heterocycles. The fraction of sp³-hybridized carbons (Fsp3) is 0.375. The van der Waals surface area contributed by atoms with Crippen molar-refractivity contribution in [1.82, 2.24) is 0 Å². The van der Waals surface area contributed by atoms with Gasteiger partial charge in [-0.3, -0.25) is 0 Å². The van der Waals surface area contributed by atoms with Crippen LogP contribution in [0.3, 0.4) is 0 Å². The van der Waals surface area contributed by atoms with Crippen molar-refractivity contribution in [2.24, 2.45) is 0 Å². The average Bonchev–Trinajstić information content (AvgIpc) is 2.38. The Morgan fingerprint density at radius 3 is 2.44 bits per heavy atom. The fourth-order valence-corrected chi connectivity index (χ4v) is 2.28. The number of halogens is 2. The summed E-state index contributed by atoms with van der Waals surface area (Å²) < 4.78 is 28.4. The second-order valence-electron chi connectivity index (χ2n) is 4.69. The summed E-state index contributed by atoms with van der Waals surface area (Å²) >= 11 is 0. The molecule has 0 saturated carbocycles. The first-order valence-electron chi connectivity index (χ1n) is 6.51. The third-order valence-electron chi connectivity index (χ3n) is 3.28. The number of unbranched alkanes of at least 4 members (excludes halogenated alkanes) is 2. The lowest BCUT2D eigenvalue weighted by Gasteiger charge is -2.18. The van der Waals surface area contributed by atoms with Gasteiger partial charge in [-0.05, 0) is 17.2 Å². The van der Waals surface area contributed by atoms with Crippen molar-refractivity contribution in [1.29, 1.82) is 0 Å². The maximum absolute atomic E-state index is 14.2. The predicted octanol–water partition coefficient (Wildman–Crippen LogP) is 5.51. The molecule has 0 aliphatic carbocycles. The summed E-state index contributed by atoms with van der Waals surface area (Å²) in [6.07, 6.45) is 2.34. The number of alkyl halides is 2. The molecule has 0 amide bonds. The maximum atomic E-state index is 14.2. The van der Waals surface area contributed by atoms with Gasteiger partial charge in [-0.2, -0.15) is 0 Å². The second-order valence-corrected chi connectivity index (χ2v) is 4.69. The fourth-order valence-electron chi connectivity index (χ4n) is 2.28. The first-order chi connectivity index (χ1) is 8.65. The van der Waals surface area contributed by atoms with Gasteiger partial charge in [-0.25, -0.2) is 8.78 Å². The Hall–Kier alpha value is -1.44. The summed E-state index contributed by atoms with van der Waals surface area (Å²) in [6, 6.07) is 12.5. The number of benzene rings is 2. The highest BCUT2D eigenvalue weighted by Gasteiger charge is 2.32. The lowest BCUT2D eigenvalue weighted by atomic mass is 9.96. The van der Waals surface area contributed by atoms with Gasteiger partial charge in [0.15, 0.2) is 0 Å². The van der Waals surface area contributed by atoms with Gasteiger partial charge in [-0.15, -0.1) is 0 Å². The van der Waals surface area contributed by atoms with Gasteiger partial charge in [0.05, 0.1) is 0 Å². The van der Waals surface area contributed by atoms with E-state index in [2.05, 4.69) is 0 Å². The molecule has 2 heteroatoms. The summed E-state index contributed by atoms with van der Waals surface area (Å²) in [5, 5.41) is 1.55. The Labute approximate surface area is 107 Å².